The van der Waals surface area contributed by atoms with Crippen LogP contribution >= 0.6 is 0 Å². The van der Waals surface area contributed by atoms with Gasteiger partial charge >= 0.3 is 12.1 Å². The summed E-state index contributed by atoms with van der Waals surface area (Å²) in [6.07, 6.45) is 1.03. The van der Waals surface area contributed by atoms with Crippen LogP contribution in [0, 0.1) is 11.8 Å². The van der Waals surface area contributed by atoms with E-state index in [1.165, 1.54) is 12.1 Å². The predicted octanol–water partition coefficient (Wildman–Crippen LogP) is 6.28. The zero-order chi connectivity index (χ0) is 24.1. The molecule has 1 N–H and O–H groups in total. The third-order valence-electron chi connectivity index (χ3n) is 7.92. The maximum atomic E-state index is 13.1. The van der Waals surface area contributed by atoms with Gasteiger partial charge < -0.3 is 14.7 Å². The summed E-state index contributed by atoms with van der Waals surface area (Å²) in [6.45, 7) is 3.06. The first-order valence-corrected chi connectivity index (χ1v) is 12.1. The first kappa shape index (κ1) is 23.1. The van der Waals surface area contributed by atoms with Crippen LogP contribution in [0.1, 0.15) is 61.6 Å². The quantitative estimate of drug-likeness (QED) is 0.555. The first-order chi connectivity index (χ1) is 16.2. The number of nitrogens with zero attached hydrogens (tertiary/aromatic N) is 1. The number of alkyl halides is 3. The third kappa shape index (κ3) is 4.49. The van der Waals surface area contributed by atoms with Crippen LogP contribution in [-0.2, 0) is 17.4 Å². The summed E-state index contributed by atoms with van der Waals surface area (Å²) in [7, 11) is 0. The van der Waals surface area contributed by atoms with E-state index in [1.807, 2.05) is 4.90 Å². The van der Waals surface area contributed by atoms with Crippen LogP contribution in [0.15, 0.2) is 42.5 Å². The number of halogens is 3. The van der Waals surface area contributed by atoms with Gasteiger partial charge in [-0.2, -0.15) is 13.2 Å². The number of aryl methyl sites for hydroxylation is 1. The van der Waals surface area contributed by atoms with Crippen LogP contribution in [0.25, 0.3) is 0 Å². The van der Waals surface area contributed by atoms with Gasteiger partial charge in [-0.1, -0.05) is 25.1 Å². The number of aliphatic carboxylic acids is 1. The lowest BCUT2D eigenvalue weighted by Gasteiger charge is -2.45. The molecule has 2 aromatic rings. The van der Waals surface area contributed by atoms with E-state index in [9.17, 15) is 23.1 Å². The number of carboxylic acid groups (broad SMARTS) is 1. The van der Waals surface area contributed by atoms with Gasteiger partial charge in [-0.25, -0.2) is 0 Å². The lowest BCUT2D eigenvalue weighted by atomic mass is 9.80. The smallest absolute Gasteiger partial charge is 0.416 e. The molecule has 2 heterocycles. The Balaban J connectivity index is 1.31. The molecule has 0 bridgehead atoms. The van der Waals surface area contributed by atoms with Gasteiger partial charge in [-0.05, 0) is 72.9 Å². The topological polar surface area (TPSA) is 49.8 Å². The molecule has 3 aliphatic rings. The molecule has 1 aliphatic carbocycles. The molecule has 2 aliphatic heterocycles. The van der Waals surface area contributed by atoms with E-state index in [2.05, 4.69) is 18.2 Å². The Bertz CT molecular complexity index is 1070. The van der Waals surface area contributed by atoms with E-state index in [1.54, 1.807) is 13.0 Å². The highest BCUT2D eigenvalue weighted by Crippen LogP contribution is 2.49. The van der Waals surface area contributed by atoms with E-state index >= 15 is 0 Å². The van der Waals surface area contributed by atoms with Gasteiger partial charge in [0.1, 0.15) is 11.4 Å². The number of rotatable bonds is 5. The van der Waals surface area contributed by atoms with Gasteiger partial charge in [-0.15, -0.1) is 0 Å². The van der Waals surface area contributed by atoms with Gasteiger partial charge in [0.2, 0.25) is 0 Å². The molecule has 4 nitrogen and oxygen atoms in total. The Morgan fingerprint density at radius 1 is 1.12 bits per heavy atom. The van der Waals surface area contributed by atoms with Crippen LogP contribution in [0.2, 0.25) is 0 Å². The van der Waals surface area contributed by atoms with Gasteiger partial charge in [0, 0.05) is 31.6 Å². The average Bonchev–Trinajstić information content (AvgIpc) is 3.64. The Morgan fingerprint density at radius 2 is 1.85 bits per heavy atom. The fourth-order valence-electron chi connectivity index (χ4n) is 5.71. The summed E-state index contributed by atoms with van der Waals surface area (Å²) >= 11 is 0. The minimum Gasteiger partial charge on any atom is -0.487 e. The molecule has 2 aromatic carbocycles. The van der Waals surface area contributed by atoms with Crippen LogP contribution in [-0.4, -0.2) is 29.8 Å². The molecule has 7 heteroatoms. The van der Waals surface area contributed by atoms with E-state index in [-0.39, 0.29) is 11.5 Å². The Hall–Kier alpha value is -2.70. The molecule has 1 spiro atoms. The second-order valence-electron chi connectivity index (χ2n) is 10.2. The molecule has 2 fully saturated rings. The first-order valence-electron chi connectivity index (χ1n) is 12.1. The molecule has 0 aromatic heterocycles. The number of hydrogen-bond acceptors (Lipinski definition) is 3. The fourth-order valence-corrected chi connectivity index (χ4v) is 5.71. The lowest BCUT2D eigenvalue weighted by Crippen LogP contribution is -2.49. The molecule has 182 valence electrons. The molecule has 0 radical (unpaired) electrons. The zero-order valence-corrected chi connectivity index (χ0v) is 19.3. The van der Waals surface area contributed by atoms with Gasteiger partial charge in [-0.3, -0.25) is 4.79 Å². The zero-order valence-electron chi connectivity index (χ0n) is 19.3. The lowest BCUT2D eigenvalue weighted by molar-refractivity contribution is -0.142. The summed E-state index contributed by atoms with van der Waals surface area (Å²) in [4.78, 5) is 13.7. The van der Waals surface area contributed by atoms with Crippen molar-refractivity contribution >= 4 is 11.7 Å². The van der Waals surface area contributed by atoms with Crippen molar-refractivity contribution < 1.29 is 27.8 Å². The second kappa shape index (κ2) is 8.51. The van der Waals surface area contributed by atoms with Gasteiger partial charge in [0.05, 0.1) is 11.5 Å². The average molecular weight is 474 g/mol. The van der Waals surface area contributed by atoms with Crippen molar-refractivity contribution in [1.29, 1.82) is 0 Å². The van der Waals surface area contributed by atoms with E-state index in [0.29, 0.717) is 24.7 Å². The number of carbonyl (C=O) groups is 1. The number of ether oxygens (including phenoxy) is 1. The molecule has 0 amide bonds. The van der Waals surface area contributed by atoms with Gasteiger partial charge in [0.25, 0.3) is 0 Å². The Kier molecular flexibility index (Phi) is 5.77. The molecule has 5 rings (SSSR count). The van der Waals surface area contributed by atoms with Crippen molar-refractivity contribution in [3.05, 3.63) is 59.2 Å². The van der Waals surface area contributed by atoms with Crippen LogP contribution in [0.5, 0.6) is 5.75 Å². The highest BCUT2D eigenvalue weighted by Gasteiger charge is 2.42. The predicted molar refractivity (Wildman–Crippen MR) is 123 cm³/mol. The highest BCUT2D eigenvalue weighted by atomic mass is 19.4. The number of hydrogen-bond donors (Lipinski definition) is 1. The maximum absolute atomic E-state index is 13.1. The molecular formula is C27H30F3NO3. The summed E-state index contributed by atoms with van der Waals surface area (Å²) in [5.41, 5.74) is 1.83. The molecule has 1 saturated heterocycles. The number of fused-ring (bicyclic) bond motifs is 1. The minimum absolute atomic E-state index is 0.00738. The Morgan fingerprint density at radius 3 is 2.50 bits per heavy atom. The summed E-state index contributed by atoms with van der Waals surface area (Å²) < 4.78 is 46.0. The molecule has 2 atom stereocenters. The third-order valence-corrected chi connectivity index (χ3v) is 7.92. The standard InChI is InChI=1S/C27H30F3NO3/c1-17(25(32)33)24(19-6-7-19)20-8-5-18-9-10-26(34-23(18)15-20)11-13-31(14-12-26)22-4-2-3-21(16-22)27(28,29)30/h2-5,8,15-17,19,24H,6-7,9-14H2,1H3,(H,32,33)/t17-,24?/m0/s1. The van der Waals surface area contributed by atoms with Crippen molar-refractivity contribution in [3.8, 4) is 5.75 Å². The molecule has 1 unspecified atom stereocenters. The summed E-state index contributed by atoms with van der Waals surface area (Å²) in [6, 6.07) is 11.7. The normalized spacial score (nSPS) is 21.5. The fraction of sp³-hybridized carbons (Fsp3) is 0.519. The monoisotopic (exact) mass is 473 g/mol. The van der Waals surface area contributed by atoms with Crippen LogP contribution in [0.4, 0.5) is 18.9 Å². The molecule has 34 heavy (non-hydrogen) atoms. The highest BCUT2D eigenvalue weighted by molar-refractivity contribution is 5.71. The number of carboxylic acids is 1. The minimum atomic E-state index is -4.35. The maximum Gasteiger partial charge on any atom is 0.416 e. The SMILES string of the molecule is C[C@H](C(=O)O)C(c1ccc2c(c1)OC1(CC2)CCN(c2cccc(C(F)(F)F)c2)CC1)C1CC1. The van der Waals surface area contributed by atoms with Crippen molar-refractivity contribution in [2.45, 2.75) is 63.1 Å². The number of anilines is 1. The second-order valence-corrected chi connectivity index (χ2v) is 10.2. The van der Waals surface area contributed by atoms with E-state index in [0.717, 1.165) is 61.5 Å². The van der Waals surface area contributed by atoms with Gasteiger partial charge in [0.15, 0.2) is 0 Å². The van der Waals surface area contributed by atoms with Crippen molar-refractivity contribution in [2.24, 2.45) is 11.8 Å². The van der Waals surface area contributed by atoms with Crippen molar-refractivity contribution in [1.82, 2.24) is 0 Å². The van der Waals surface area contributed by atoms with Crippen molar-refractivity contribution in [3.63, 3.8) is 0 Å². The van der Waals surface area contributed by atoms with E-state index in [4.69, 9.17) is 4.74 Å². The number of piperidine rings is 1. The van der Waals surface area contributed by atoms with Crippen LogP contribution < -0.4 is 9.64 Å². The largest absolute Gasteiger partial charge is 0.487 e. The number of benzene rings is 2. The van der Waals surface area contributed by atoms with E-state index < -0.39 is 23.6 Å². The van der Waals surface area contributed by atoms with Crippen molar-refractivity contribution in [2.75, 3.05) is 18.0 Å². The van der Waals surface area contributed by atoms with Crippen LogP contribution in [0.3, 0.4) is 0 Å². The summed E-state index contributed by atoms with van der Waals surface area (Å²) in [5.74, 6) is 0.0386. The Labute approximate surface area is 197 Å². The molecule has 1 saturated carbocycles. The molecular weight excluding hydrogens is 443 g/mol. The summed E-state index contributed by atoms with van der Waals surface area (Å²) in [5, 5.41) is 9.61.